The number of nitrogens with zero attached hydrogens (tertiary/aromatic N) is 2. The summed E-state index contributed by atoms with van der Waals surface area (Å²) in [5.74, 6) is 0.743. The van der Waals surface area contributed by atoms with E-state index >= 15 is 0 Å². The molecule has 0 aromatic heterocycles. The molecule has 1 fully saturated rings. The molecule has 1 atom stereocenters. The number of hydrogen-bond acceptors (Lipinski definition) is 1. The van der Waals surface area contributed by atoms with Crippen LogP contribution in [0, 0.1) is 11.3 Å². The van der Waals surface area contributed by atoms with E-state index in [2.05, 4.69) is 20.8 Å². The number of rotatable bonds is 1. The average Bonchev–Trinajstić information content (AvgIpc) is 2.51. The van der Waals surface area contributed by atoms with Gasteiger partial charge in [-0.2, -0.15) is 0 Å². The van der Waals surface area contributed by atoms with Crippen LogP contribution < -0.4 is 0 Å². The third-order valence-electron chi connectivity index (χ3n) is 4.02. The second-order valence-electron chi connectivity index (χ2n) is 6.28. The molecular formula is C14H28N2O. The zero-order valence-electron chi connectivity index (χ0n) is 12.1. The molecule has 1 unspecified atom stereocenters. The van der Waals surface area contributed by atoms with Gasteiger partial charge in [0.15, 0.2) is 0 Å². The molecule has 3 heteroatoms. The average molecular weight is 240 g/mol. The second-order valence-corrected chi connectivity index (χ2v) is 6.28. The molecule has 17 heavy (non-hydrogen) atoms. The Morgan fingerprint density at radius 1 is 1.29 bits per heavy atom. The van der Waals surface area contributed by atoms with E-state index in [1.807, 2.05) is 18.9 Å². The van der Waals surface area contributed by atoms with E-state index in [1.54, 1.807) is 4.90 Å². The maximum atomic E-state index is 12.1. The van der Waals surface area contributed by atoms with E-state index in [4.69, 9.17) is 0 Å². The fourth-order valence-corrected chi connectivity index (χ4v) is 2.53. The van der Waals surface area contributed by atoms with Gasteiger partial charge >= 0.3 is 6.03 Å². The first kappa shape index (κ1) is 14.3. The van der Waals surface area contributed by atoms with E-state index in [0.29, 0.717) is 5.41 Å². The highest BCUT2D eigenvalue weighted by Gasteiger charge is 2.28. The van der Waals surface area contributed by atoms with Crippen LogP contribution in [0.5, 0.6) is 0 Å². The monoisotopic (exact) mass is 240 g/mol. The SMILES string of the molecule is CCN(C)C(=O)N1CCCC(C(C)(C)C)CC1. The largest absolute Gasteiger partial charge is 0.328 e. The molecule has 0 aromatic rings. The Morgan fingerprint density at radius 2 is 1.94 bits per heavy atom. The Kier molecular flexibility index (Phi) is 4.84. The molecule has 0 N–H and O–H groups in total. The lowest BCUT2D eigenvalue weighted by Crippen LogP contribution is -2.41. The third-order valence-corrected chi connectivity index (χ3v) is 4.02. The number of hydrogen-bond donors (Lipinski definition) is 0. The van der Waals surface area contributed by atoms with Gasteiger partial charge in [-0.1, -0.05) is 20.8 Å². The number of carbonyl (C=O) groups excluding carboxylic acids is 1. The minimum absolute atomic E-state index is 0.196. The first-order valence-electron chi connectivity index (χ1n) is 6.86. The summed E-state index contributed by atoms with van der Waals surface area (Å²) >= 11 is 0. The predicted octanol–water partition coefficient (Wildman–Crippen LogP) is 3.21. The molecule has 0 spiro atoms. The fourth-order valence-electron chi connectivity index (χ4n) is 2.53. The van der Waals surface area contributed by atoms with Crippen molar-refractivity contribution in [1.29, 1.82) is 0 Å². The van der Waals surface area contributed by atoms with Crippen molar-refractivity contribution in [3.63, 3.8) is 0 Å². The Labute approximate surface area is 106 Å². The molecule has 100 valence electrons. The molecule has 2 amide bonds. The van der Waals surface area contributed by atoms with Crippen LogP contribution in [0.3, 0.4) is 0 Å². The van der Waals surface area contributed by atoms with Crippen LogP contribution in [0.1, 0.15) is 47.0 Å². The zero-order valence-corrected chi connectivity index (χ0v) is 12.1. The minimum atomic E-state index is 0.196. The van der Waals surface area contributed by atoms with Crippen LogP contribution in [0.25, 0.3) is 0 Å². The normalized spacial score (nSPS) is 22.2. The lowest BCUT2D eigenvalue weighted by Gasteiger charge is -2.30. The summed E-state index contributed by atoms with van der Waals surface area (Å²) in [6.07, 6.45) is 3.54. The van der Waals surface area contributed by atoms with Gasteiger partial charge in [-0.15, -0.1) is 0 Å². The van der Waals surface area contributed by atoms with E-state index < -0.39 is 0 Å². The first-order valence-corrected chi connectivity index (χ1v) is 6.86. The van der Waals surface area contributed by atoms with Gasteiger partial charge in [-0.25, -0.2) is 4.79 Å². The molecule has 1 heterocycles. The summed E-state index contributed by atoms with van der Waals surface area (Å²) in [6.45, 7) is 11.6. The van der Waals surface area contributed by atoms with Crippen molar-refractivity contribution < 1.29 is 4.79 Å². The van der Waals surface area contributed by atoms with Gasteiger partial charge in [0.2, 0.25) is 0 Å². The van der Waals surface area contributed by atoms with E-state index in [0.717, 1.165) is 38.4 Å². The summed E-state index contributed by atoms with van der Waals surface area (Å²) in [7, 11) is 1.88. The molecule has 0 saturated carbocycles. The Morgan fingerprint density at radius 3 is 2.47 bits per heavy atom. The number of urea groups is 1. The summed E-state index contributed by atoms with van der Waals surface area (Å²) in [5.41, 5.74) is 0.371. The van der Waals surface area contributed by atoms with Crippen molar-refractivity contribution in [3.05, 3.63) is 0 Å². The van der Waals surface area contributed by atoms with Gasteiger partial charge in [0.05, 0.1) is 0 Å². The van der Waals surface area contributed by atoms with Gasteiger partial charge < -0.3 is 9.80 Å². The van der Waals surface area contributed by atoms with Crippen LogP contribution in [-0.4, -0.2) is 42.5 Å². The van der Waals surface area contributed by atoms with Gasteiger partial charge in [0, 0.05) is 26.7 Å². The van der Waals surface area contributed by atoms with E-state index in [1.165, 1.54) is 6.42 Å². The standard InChI is InChI=1S/C14H28N2O/c1-6-15(5)13(17)16-10-7-8-12(9-11-16)14(2,3)4/h12H,6-11H2,1-5H3. The highest BCUT2D eigenvalue weighted by Crippen LogP contribution is 2.34. The van der Waals surface area contributed by atoms with Gasteiger partial charge in [-0.05, 0) is 37.5 Å². The van der Waals surface area contributed by atoms with Crippen molar-refractivity contribution in [2.75, 3.05) is 26.7 Å². The molecule has 0 radical (unpaired) electrons. The van der Waals surface area contributed by atoms with Gasteiger partial charge in [0.1, 0.15) is 0 Å². The van der Waals surface area contributed by atoms with E-state index in [9.17, 15) is 4.79 Å². The molecular weight excluding hydrogens is 212 g/mol. The Balaban J connectivity index is 2.56. The Bertz CT molecular complexity index is 257. The lowest BCUT2D eigenvalue weighted by molar-refractivity contribution is 0.162. The van der Waals surface area contributed by atoms with Gasteiger partial charge in [-0.3, -0.25) is 0 Å². The second kappa shape index (κ2) is 5.74. The van der Waals surface area contributed by atoms with Crippen LogP contribution in [0.4, 0.5) is 4.79 Å². The molecule has 1 aliphatic heterocycles. The van der Waals surface area contributed by atoms with Crippen LogP contribution in [-0.2, 0) is 0 Å². The quantitative estimate of drug-likeness (QED) is 0.690. The number of carbonyl (C=O) groups is 1. The molecule has 3 nitrogen and oxygen atoms in total. The molecule has 0 aromatic carbocycles. The van der Waals surface area contributed by atoms with Crippen molar-refractivity contribution >= 4 is 6.03 Å². The smallest absolute Gasteiger partial charge is 0.319 e. The summed E-state index contributed by atoms with van der Waals surface area (Å²) in [5, 5.41) is 0. The summed E-state index contributed by atoms with van der Waals surface area (Å²) in [4.78, 5) is 15.9. The third kappa shape index (κ3) is 3.90. The minimum Gasteiger partial charge on any atom is -0.328 e. The Hall–Kier alpha value is -0.730. The molecule has 1 rings (SSSR count). The van der Waals surface area contributed by atoms with Crippen molar-refractivity contribution in [2.45, 2.75) is 47.0 Å². The predicted molar refractivity (Wildman–Crippen MR) is 72.1 cm³/mol. The number of likely N-dealkylation sites (tertiary alicyclic amines) is 1. The molecule has 1 aliphatic rings. The van der Waals surface area contributed by atoms with Crippen LogP contribution >= 0.6 is 0 Å². The topological polar surface area (TPSA) is 23.6 Å². The highest BCUT2D eigenvalue weighted by molar-refractivity contribution is 5.74. The first-order chi connectivity index (χ1) is 7.86. The van der Waals surface area contributed by atoms with E-state index in [-0.39, 0.29) is 6.03 Å². The van der Waals surface area contributed by atoms with Crippen molar-refractivity contribution in [3.8, 4) is 0 Å². The van der Waals surface area contributed by atoms with Crippen molar-refractivity contribution in [2.24, 2.45) is 11.3 Å². The maximum Gasteiger partial charge on any atom is 0.319 e. The molecule has 0 bridgehead atoms. The van der Waals surface area contributed by atoms with Crippen LogP contribution in [0.15, 0.2) is 0 Å². The molecule has 1 saturated heterocycles. The zero-order chi connectivity index (χ0) is 13.1. The van der Waals surface area contributed by atoms with Crippen LogP contribution in [0.2, 0.25) is 0 Å². The number of amides is 2. The fraction of sp³-hybridized carbons (Fsp3) is 0.929. The summed E-state index contributed by atoms with van der Waals surface area (Å²) < 4.78 is 0. The maximum absolute atomic E-state index is 12.1. The summed E-state index contributed by atoms with van der Waals surface area (Å²) in [6, 6.07) is 0.196. The lowest BCUT2D eigenvalue weighted by atomic mass is 9.77. The molecule has 0 aliphatic carbocycles. The van der Waals surface area contributed by atoms with Crippen molar-refractivity contribution in [1.82, 2.24) is 9.80 Å². The highest BCUT2D eigenvalue weighted by atomic mass is 16.2. The van der Waals surface area contributed by atoms with Gasteiger partial charge in [0.25, 0.3) is 0 Å².